The quantitative estimate of drug-likeness (QED) is 0.294. The molecule has 0 heterocycles. The van der Waals surface area contributed by atoms with Crippen LogP contribution in [-0.2, 0) is 18.4 Å². The maximum absolute atomic E-state index is 12.1. The van der Waals surface area contributed by atoms with Gasteiger partial charge in [-0.1, -0.05) is 41.2 Å². The van der Waals surface area contributed by atoms with E-state index in [-0.39, 0.29) is 16.5 Å². The van der Waals surface area contributed by atoms with E-state index >= 15 is 0 Å². The van der Waals surface area contributed by atoms with E-state index in [9.17, 15) is 9.36 Å². The van der Waals surface area contributed by atoms with Gasteiger partial charge in [0, 0.05) is 21.8 Å². The molecule has 0 aliphatic carbocycles. The lowest BCUT2D eigenvalue weighted by molar-refractivity contribution is 0.366. The molecule has 20 heavy (non-hydrogen) atoms. The Morgan fingerprint density at radius 3 is 2.65 bits per heavy atom. The third-order valence-corrected chi connectivity index (χ3v) is 3.89. The highest BCUT2D eigenvalue weighted by Gasteiger charge is 2.26. The fourth-order valence-electron chi connectivity index (χ4n) is 1.16. The molecule has 0 N–H and O–H groups in total. The van der Waals surface area contributed by atoms with Gasteiger partial charge >= 0.3 is 7.60 Å². The first-order valence-electron chi connectivity index (χ1n) is 4.87. The van der Waals surface area contributed by atoms with Crippen LogP contribution in [0.3, 0.4) is 0 Å². The fraction of sp³-hybridized carbons (Fsp3) is 0. The molecule has 4 nitrogen and oxygen atoms in total. The molecule has 0 spiro atoms. The van der Waals surface area contributed by atoms with Crippen LogP contribution in [0.4, 0.5) is 0 Å². The van der Waals surface area contributed by atoms with Gasteiger partial charge in [0.15, 0.2) is 5.76 Å². The average molecular weight is 360 g/mol. The SMILES string of the molecule is C#COP(=O)(C=C=O)O/C(=C\Cl)c1ccc(Cl)cc1Cl.[HH].[HH].[HH].[HH]. The molecule has 0 fully saturated rings. The Balaban J connectivity index is -0.000000500. The van der Waals surface area contributed by atoms with Crippen LogP contribution < -0.4 is 0 Å². The van der Waals surface area contributed by atoms with Crippen LogP contribution in [0.15, 0.2) is 29.6 Å². The number of rotatable bonds is 5. The summed E-state index contributed by atoms with van der Waals surface area (Å²) in [4.78, 5) is 10.3. The summed E-state index contributed by atoms with van der Waals surface area (Å²) in [5, 5.41) is 0.593. The van der Waals surface area contributed by atoms with E-state index in [1.54, 1.807) is 6.11 Å². The molecule has 1 unspecified atom stereocenters. The van der Waals surface area contributed by atoms with Gasteiger partial charge in [0.25, 0.3) is 0 Å². The zero-order chi connectivity index (χ0) is 15.2. The number of hydrogen-bond donors (Lipinski definition) is 0. The molecule has 0 amide bonds. The molecule has 0 bridgehead atoms. The largest absolute Gasteiger partial charge is 0.474 e. The van der Waals surface area contributed by atoms with Gasteiger partial charge in [0.05, 0.1) is 5.02 Å². The summed E-state index contributed by atoms with van der Waals surface area (Å²) < 4.78 is 21.6. The van der Waals surface area contributed by atoms with Gasteiger partial charge in [-0.2, -0.15) is 0 Å². The molecule has 1 aromatic carbocycles. The van der Waals surface area contributed by atoms with Crippen LogP contribution in [0.25, 0.3) is 5.76 Å². The summed E-state index contributed by atoms with van der Waals surface area (Å²) >= 11 is 17.3. The number of carbonyl (C=O) groups excluding carboxylic acids is 1. The fourth-order valence-corrected chi connectivity index (χ4v) is 2.73. The minimum absolute atomic E-state index is 0. The van der Waals surface area contributed by atoms with E-state index in [4.69, 9.17) is 45.7 Å². The average Bonchev–Trinajstić information content (AvgIpc) is 2.37. The number of benzene rings is 1. The smallest absolute Gasteiger partial charge is 0.411 e. The molecule has 1 atom stereocenters. The van der Waals surface area contributed by atoms with E-state index in [1.165, 1.54) is 24.1 Å². The summed E-state index contributed by atoms with van der Waals surface area (Å²) in [6, 6.07) is 4.45. The van der Waals surface area contributed by atoms with E-state index in [2.05, 4.69) is 4.52 Å². The normalized spacial score (nSPS) is 13.6. The minimum atomic E-state index is -4.02. The van der Waals surface area contributed by atoms with Crippen molar-refractivity contribution in [3.63, 3.8) is 0 Å². The van der Waals surface area contributed by atoms with E-state index in [0.29, 0.717) is 16.4 Å². The molecule has 0 aromatic heterocycles. The van der Waals surface area contributed by atoms with E-state index in [1.807, 2.05) is 0 Å². The lowest BCUT2D eigenvalue weighted by Gasteiger charge is -2.15. The lowest BCUT2D eigenvalue weighted by atomic mass is 10.2. The predicted octanol–water partition coefficient (Wildman–Crippen LogP) is 5.68. The highest BCUT2D eigenvalue weighted by atomic mass is 35.5. The number of terminal acetylenes is 1. The van der Waals surface area contributed by atoms with Gasteiger partial charge in [0.1, 0.15) is 17.9 Å². The summed E-state index contributed by atoms with van der Waals surface area (Å²) in [6.45, 7) is 0. The van der Waals surface area contributed by atoms with E-state index < -0.39 is 7.60 Å². The Kier molecular flexibility index (Phi) is 6.23. The zero-order valence-electron chi connectivity index (χ0n) is 9.68. The van der Waals surface area contributed by atoms with Gasteiger partial charge in [-0.05, 0) is 18.2 Å². The molecular weight excluding hydrogens is 345 g/mol. The molecule has 0 radical (unpaired) electrons. The van der Waals surface area contributed by atoms with Crippen LogP contribution in [0.5, 0.6) is 0 Å². The Morgan fingerprint density at radius 2 is 2.15 bits per heavy atom. The van der Waals surface area contributed by atoms with Crippen molar-refractivity contribution in [3.8, 4) is 12.5 Å². The molecular formula is C12H14Cl3O4P. The highest BCUT2D eigenvalue weighted by molar-refractivity contribution is 7.58. The van der Waals surface area contributed by atoms with Gasteiger partial charge in [-0.3, -0.25) is 0 Å². The first-order valence-corrected chi connectivity index (χ1v) is 7.67. The van der Waals surface area contributed by atoms with Crippen LogP contribution in [0, 0.1) is 12.5 Å². The molecule has 0 aliphatic heterocycles. The van der Waals surface area contributed by atoms with Crippen molar-refractivity contribution in [2.75, 3.05) is 0 Å². The van der Waals surface area contributed by atoms with Crippen molar-refractivity contribution in [1.29, 1.82) is 0 Å². The van der Waals surface area contributed by atoms with Crippen molar-refractivity contribution in [2.24, 2.45) is 0 Å². The molecule has 0 saturated heterocycles. The van der Waals surface area contributed by atoms with E-state index in [0.717, 1.165) is 5.54 Å². The topological polar surface area (TPSA) is 52.6 Å². The minimum Gasteiger partial charge on any atom is -0.411 e. The predicted molar refractivity (Wildman–Crippen MR) is 87.6 cm³/mol. The second-order valence-corrected chi connectivity index (χ2v) is 5.95. The van der Waals surface area contributed by atoms with Crippen LogP contribution in [0.2, 0.25) is 10.0 Å². The van der Waals surface area contributed by atoms with Crippen molar-refractivity contribution < 1.29 is 24.1 Å². The summed E-state index contributed by atoms with van der Waals surface area (Å²) in [5.74, 6) is 1.73. The van der Waals surface area contributed by atoms with Crippen LogP contribution >= 0.6 is 42.4 Å². The summed E-state index contributed by atoms with van der Waals surface area (Å²) in [6.07, 6.45) is 6.56. The van der Waals surface area contributed by atoms with Crippen molar-refractivity contribution in [3.05, 3.63) is 45.2 Å². The molecule has 112 valence electrons. The monoisotopic (exact) mass is 358 g/mol. The Morgan fingerprint density at radius 1 is 1.45 bits per heavy atom. The van der Waals surface area contributed by atoms with Gasteiger partial charge < -0.3 is 9.05 Å². The third-order valence-electron chi connectivity index (χ3n) is 1.91. The molecule has 0 aliphatic rings. The second-order valence-electron chi connectivity index (χ2n) is 3.18. The second kappa shape index (κ2) is 7.45. The molecule has 1 aromatic rings. The Labute approximate surface area is 136 Å². The molecule has 8 heteroatoms. The summed E-state index contributed by atoms with van der Waals surface area (Å²) in [5.41, 5.74) is 1.27. The Bertz CT molecular complexity index is 687. The van der Waals surface area contributed by atoms with Crippen molar-refractivity contribution >= 4 is 54.1 Å². The van der Waals surface area contributed by atoms with Crippen molar-refractivity contribution in [1.82, 2.24) is 0 Å². The molecule has 1 rings (SSSR count). The van der Waals surface area contributed by atoms with Crippen LogP contribution in [-0.4, -0.2) is 5.94 Å². The van der Waals surface area contributed by atoms with Gasteiger partial charge in [-0.25, -0.2) is 9.36 Å². The first kappa shape index (κ1) is 16.7. The number of halogens is 3. The highest BCUT2D eigenvalue weighted by Crippen LogP contribution is 2.53. The summed E-state index contributed by atoms with van der Waals surface area (Å²) in [7, 11) is -4.02. The molecule has 0 saturated carbocycles. The number of hydrogen-bond acceptors (Lipinski definition) is 4. The third kappa shape index (κ3) is 4.35. The Hall–Kier alpha value is -1.33. The standard InChI is InChI=1S/C12H6Cl3O4P.4H2/c1-2-18-20(17,6-5-16)19-12(8-13)10-4-3-9(14)7-11(10)15;;;;/h1,3-4,6-8H;4*1H/b12-8-;;;;. The maximum Gasteiger partial charge on any atom is 0.474 e. The lowest BCUT2D eigenvalue weighted by Crippen LogP contribution is -1.93. The first-order chi connectivity index (χ1) is 9.45. The van der Waals surface area contributed by atoms with Gasteiger partial charge in [0.2, 0.25) is 0 Å². The maximum atomic E-state index is 12.1. The zero-order valence-corrected chi connectivity index (χ0v) is 12.8. The van der Waals surface area contributed by atoms with Crippen molar-refractivity contribution in [2.45, 2.75) is 0 Å². The van der Waals surface area contributed by atoms with Gasteiger partial charge in [-0.15, -0.1) is 0 Å². The van der Waals surface area contributed by atoms with Crippen LogP contribution in [0.1, 0.15) is 11.3 Å².